The molecule has 0 saturated carbocycles. The number of carbonyl (C=O) groups excluding carboxylic acids is 2. The molecule has 0 N–H and O–H groups in total. The molecule has 0 amide bonds. The number of rotatable bonds is 1. The van der Waals surface area contributed by atoms with Gasteiger partial charge in [0.25, 0.3) is 0 Å². The van der Waals surface area contributed by atoms with Crippen molar-refractivity contribution in [3.05, 3.63) is 34.6 Å². The van der Waals surface area contributed by atoms with Crippen molar-refractivity contribution < 1.29 is 14.3 Å². The Labute approximate surface area is 107 Å². The van der Waals surface area contributed by atoms with E-state index in [1.165, 1.54) is 6.08 Å². The average Bonchev–Trinajstić information content (AvgIpc) is 2.24. The molecule has 1 heterocycles. The van der Waals surface area contributed by atoms with E-state index in [1.54, 1.807) is 6.92 Å². The van der Waals surface area contributed by atoms with Crippen molar-refractivity contribution >= 4 is 11.6 Å². The van der Waals surface area contributed by atoms with Crippen LogP contribution in [0, 0.1) is 5.92 Å². The van der Waals surface area contributed by atoms with E-state index in [0.717, 1.165) is 12.0 Å². The van der Waals surface area contributed by atoms with Gasteiger partial charge in [0, 0.05) is 11.1 Å². The summed E-state index contributed by atoms with van der Waals surface area (Å²) >= 11 is 0. The van der Waals surface area contributed by atoms with Crippen LogP contribution in [0.1, 0.15) is 34.1 Å². The molecule has 1 aliphatic heterocycles. The Kier molecular flexibility index (Phi) is 3.24. The molecule has 0 aromatic heterocycles. The number of allylic oxidation sites excluding steroid dienone is 4. The van der Waals surface area contributed by atoms with Gasteiger partial charge in [-0.05, 0) is 45.3 Å². The van der Waals surface area contributed by atoms with Crippen molar-refractivity contribution in [1.82, 2.24) is 0 Å². The Bertz CT molecular complexity index is 502. The molecule has 0 aromatic rings. The summed E-state index contributed by atoms with van der Waals surface area (Å²) in [6.07, 6.45) is 4.07. The van der Waals surface area contributed by atoms with Gasteiger partial charge >= 0.3 is 0 Å². The third-order valence-corrected chi connectivity index (χ3v) is 3.29. The number of ether oxygens (including phenoxy) is 1. The lowest BCUT2D eigenvalue weighted by molar-refractivity contribution is -0.120. The lowest BCUT2D eigenvalue weighted by atomic mass is 9.83. The predicted octanol–water partition coefficient (Wildman–Crippen LogP) is 2.73. The SMILES string of the molecule is CC(C)=CC1CC(C)C2=C(O1)C(=O)C(C)=CC2=O. The van der Waals surface area contributed by atoms with Crippen LogP contribution in [0.25, 0.3) is 0 Å². The van der Waals surface area contributed by atoms with Crippen LogP contribution >= 0.6 is 0 Å². The minimum absolute atomic E-state index is 0.0650. The maximum atomic E-state index is 12.1. The maximum absolute atomic E-state index is 12.1. The number of ketones is 2. The van der Waals surface area contributed by atoms with Gasteiger partial charge in [-0.25, -0.2) is 0 Å². The van der Waals surface area contributed by atoms with Gasteiger partial charge in [0.2, 0.25) is 5.78 Å². The van der Waals surface area contributed by atoms with Crippen molar-refractivity contribution in [1.29, 1.82) is 0 Å². The Morgan fingerprint density at radius 2 is 2.06 bits per heavy atom. The summed E-state index contributed by atoms with van der Waals surface area (Å²) in [5, 5.41) is 0. The van der Waals surface area contributed by atoms with Crippen LogP contribution in [0.5, 0.6) is 0 Å². The minimum Gasteiger partial charge on any atom is -0.482 e. The highest BCUT2D eigenvalue weighted by atomic mass is 16.5. The summed E-state index contributed by atoms with van der Waals surface area (Å²) in [7, 11) is 0. The molecule has 0 spiro atoms. The highest BCUT2D eigenvalue weighted by Crippen LogP contribution is 2.35. The fourth-order valence-corrected chi connectivity index (χ4v) is 2.48. The molecule has 18 heavy (non-hydrogen) atoms. The van der Waals surface area contributed by atoms with E-state index in [1.807, 2.05) is 26.8 Å². The molecule has 2 rings (SSSR count). The Morgan fingerprint density at radius 1 is 1.39 bits per heavy atom. The van der Waals surface area contributed by atoms with Crippen LogP contribution in [0.4, 0.5) is 0 Å². The lowest BCUT2D eigenvalue weighted by Gasteiger charge is -2.31. The van der Waals surface area contributed by atoms with Gasteiger partial charge in [0.05, 0.1) is 0 Å². The van der Waals surface area contributed by atoms with Crippen LogP contribution in [0.15, 0.2) is 34.6 Å². The fraction of sp³-hybridized carbons (Fsp3) is 0.467. The molecule has 0 aromatic carbocycles. The first-order chi connectivity index (χ1) is 8.40. The van der Waals surface area contributed by atoms with E-state index in [-0.39, 0.29) is 29.3 Å². The maximum Gasteiger partial charge on any atom is 0.223 e. The summed E-state index contributed by atoms with van der Waals surface area (Å²) in [4.78, 5) is 24.0. The zero-order valence-electron chi connectivity index (χ0n) is 11.2. The number of Topliss-reactive ketones (excluding diaryl/α,β-unsaturated/α-hetero) is 1. The smallest absolute Gasteiger partial charge is 0.223 e. The van der Waals surface area contributed by atoms with E-state index >= 15 is 0 Å². The van der Waals surface area contributed by atoms with Gasteiger partial charge < -0.3 is 4.74 Å². The van der Waals surface area contributed by atoms with E-state index < -0.39 is 0 Å². The van der Waals surface area contributed by atoms with Gasteiger partial charge in [0.1, 0.15) is 6.10 Å². The van der Waals surface area contributed by atoms with Crippen molar-refractivity contribution in [3.63, 3.8) is 0 Å². The van der Waals surface area contributed by atoms with Crippen LogP contribution in [-0.4, -0.2) is 17.7 Å². The van der Waals surface area contributed by atoms with Crippen LogP contribution in [-0.2, 0) is 14.3 Å². The Hall–Kier alpha value is -1.64. The van der Waals surface area contributed by atoms with Gasteiger partial charge in [0.15, 0.2) is 11.5 Å². The van der Waals surface area contributed by atoms with Crippen molar-refractivity contribution in [2.45, 2.75) is 40.2 Å². The molecule has 0 radical (unpaired) electrons. The molecule has 0 fully saturated rings. The predicted molar refractivity (Wildman–Crippen MR) is 68.9 cm³/mol. The van der Waals surface area contributed by atoms with E-state index in [2.05, 4.69) is 0 Å². The molecule has 3 heteroatoms. The van der Waals surface area contributed by atoms with E-state index in [4.69, 9.17) is 4.74 Å². The fourth-order valence-electron chi connectivity index (χ4n) is 2.48. The molecule has 2 atom stereocenters. The van der Waals surface area contributed by atoms with Gasteiger partial charge in [-0.1, -0.05) is 12.5 Å². The average molecular weight is 246 g/mol. The van der Waals surface area contributed by atoms with Crippen molar-refractivity contribution in [2.75, 3.05) is 0 Å². The van der Waals surface area contributed by atoms with Gasteiger partial charge in [-0.15, -0.1) is 0 Å². The summed E-state index contributed by atoms with van der Waals surface area (Å²) in [5.74, 6) is 0.102. The van der Waals surface area contributed by atoms with E-state index in [9.17, 15) is 9.59 Å². The molecule has 0 saturated heterocycles. The zero-order chi connectivity index (χ0) is 13.4. The molecule has 3 nitrogen and oxygen atoms in total. The first kappa shape index (κ1) is 12.8. The lowest BCUT2D eigenvalue weighted by Crippen LogP contribution is -2.32. The van der Waals surface area contributed by atoms with Crippen molar-refractivity contribution in [3.8, 4) is 0 Å². The molecule has 2 aliphatic rings. The summed E-state index contributed by atoms with van der Waals surface area (Å²) in [5.41, 5.74) is 2.16. The summed E-state index contributed by atoms with van der Waals surface area (Å²) in [6, 6.07) is 0. The molecular formula is C15H18O3. The Balaban J connectivity index is 2.39. The van der Waals surface area contributed by atoms with Crippen molar-refractivity contribution in [2.24, 2.45) is 5.92 Å². The first-order valence-corrected chi connectivity index (χ1v) is 6.23. The second-order valence-corrected chi connectivity index (χ2v) is 5.30. The zero-order valence-corrected chi connectivity index (χ0v) is 11.2. The number of hydrogen-bond donors (Lipinski definition) is 0. The number of hydrogen-bond acceptors (Lipinski definition) is 3. The summed E-state index contributed by atoms with van der Waals surface area (Å²) < 4.78 is 5.72. The van der Waals surface area contributed by atoms with E-state index in [0.29, 0.717) is 11.1 Å². The summed E-state index contributed by atoms with van der Waals surface area (Å²) in [6.45, 7) is 7.62. The van der Waals surface area contributed by atoms with Crippen LogP contribution in [0.2, 0.25) is 0 Å². The minimum atomic E-state index is -0.150. The second kappa shape index (κ2) is 4.56. The number of carbonyl (C=O) groups is 2. The van der Waals surface area contributed by atoms with Gasteiger partial charge in [-0.2, -0.15) is 0 Å². The highest BCUT2D eigenvalue weighted by Gasteiger charge is 2.36. The third-order valence-electron chi connectivity index (χ3n) is 3.29. The van der Waals surface area contributed by atoms with Gasteiger partial charge in [-0.3, -0.25) is 9.59 Å². The Morgan fingerprint density at radius 3 is 2.67 bits per heavy atom. The first-order valence-electron chi connectivity index (χ1n) is 6.23. The van der Waals surface area contributed by atoms with Crippen LogP contribution < -0.4 is 0 Å². The third kappa shape index (κ3) is 2.17. The highest BCUT2D eigenvalue weighted by molar-refractivity contribution is 6.21. The molecule has 0 bridgehead atoms. The molecule has 1 aliphatic carbocycles. The second-order valence-electron chi connectivity index (χ2n) is 5.30. The normalized spacial score (nSPS) is 27.4. The quantitative estimate of drug-likeness (QED) is 0.528. The molecular weight excluding hydrogens is 228 g/mol. The topological polar surface area (TPSA) is 43.4 Å². The molecule has 96 valence electrons. The molecule has 2 unspecified atom stereocenters. The van der Waals surface area contributed by atoms with Crippen LogP contribution in [0.3, 0.4) is 0 Å². The largest absolute Gasteiger partial charge is 0.482 e. The standard InChI is InChI=1S/C15H18O3/c1-8(2)5-11-6-9(3)13-12(16)7-10(4)14(17)15(13)18-11/h5,7,9,11H,6H2,1-4H3. The monoisotopic (exact) mass is 246 g/mol.